The van der Waals surface area contributed by atoms with Crippen LogP contribution < -0.4 is 14.8 Å². The van der Waals surface area contributed by atoms with Crippen LogP contribution in [0.25, 0.3) is 0 Å². The van der Waals surface area contributed by atoms with Crippen LogP contribution in [-0.4, -0.2) is 38.1 Å². The van der Waals surface area contributed by atoms with E-state index in [0.717, 1.165) is 36.4 Å². The number of rotatable bonds is 6. The lowest BCUT2D eigenvalue weighted by Crippen LogP contribution is -2.33. The third kappa shape index (κ3) is 4.39. The number of nitriles is 1. The van der Waals surface area contributed by atoms with Gasteiger partial charge < -0.3 is 14.8 Å². The van der Waals surface area contributed by atoms with E-state index in [9.17, 15) is 4.79 Å². The fraction of sp³-hybridized carbons (Fsp3) is 0.333. The molecule has 0 spiro atoms. The summed E-state index contributed by atoms with van der Waals surface area (Å²) in [7, 11) is 3.30. The standard InChI is InChI=1S/C21H23N3O3/c1-26-17-9-10-20(27-2)18(12-17)19-4-3-11-24(19)14-21(25)23-16-7-5-15(13-22)6-8-16/h5-10,12,19H,3-4,11,14H2,1-2H3,(H,23,25)/t19-/m0/s1. The normalized spacial score (nSPS) is 16.6. The van der Waals surface area contributed by atoms with Gasteiger partial charge in [-0.3, -0.25) is 9.69 Å². The first-order valence-corrected chi connectivity index (χ1v) is 8.90. The van der Waals surface area contributed by atoms with Crippen LogP contribution in [0.15, 0.2) is 42.5 Å². The lowest BCUT2D eigenvalue weighted by molar-refractivity contribution is -0.117. The van der Waals surface area contributed by atoms with E-state index in [1.165, 1.54) is 0 Å². The second-order valence-electron chi connectivity index (χ2n) is 6.47. The summed E-state index contributed by atoms with van der Waals surface area (Å²) >= 11 is 0. The van der Waals surface area contributed by atoms with Gasteiger partial charge in [-0.05, 0) is 61.9 Å². The highest BCUT2D eigenvalue weighted by molar-refractivity contribution is 5.92. The van der Waals surface area contributed by atoms with Gasteiger partial charge in [0.1, 0.15) is 11.5 Å². The fourth-order valence-electron chi connectivity index (χ4n) is 3.48. The van der Waals surface area contributed by atoms with E-state index in [2.05, 4.69) is 16.3 Å². The molecule has 0 unspecified atom stereocenters. The first-order chi connectivity index (χ1) is 13.1. The van der Waals surface area contributed by atoms with E-state index in [4.69, 9.17) is 14.7 Å². The molecule has 2 aromatic rings. The number of carbonyl (C=O) groups is 1. The lowest BCUT2D eigenvalue weighted by Gasteiger charge is -2.26. The Morgan fingerprint density at radius 2 is 2.00 bits per heavy atom. The van der Waals surface area contributed by atoms with Gasteiger partial charge in [0, 0.05) is 17.3 Å². The monoisotopic (exact) mass is 365 g/mol. The number of hydrogen-bond donors (Lipinski definition) is 1. The molecule has 1 saturated heterocycles. The zero-order valence-corrected chi connectivity index (χ0v) is 15.6. The molecule has 1 atom stereocenters. The first kappa shape index (κ1) is 18.7. The molecule has 0 aromatic heterocycles. The largest absolute Gasteiger partial charge is 0.497 e. The van der Waals surface area contributed by atoms with Gasteiger partial charge in [0.2, 0.25) is 5.91 Å². The van der Waals surface area contributed by atoms with Crippen LogP contribution in [0.4, 0.5) is 5.69 Å². The molecule has 0 aliphatic carbocycles. The summed E-state index contributed by atoms with van der Waals surface area (Å²) in [6, 6.07) is 14.8. The Kier molecular flexibility index (Phi) is 5.94. The number of carbonyl (C=O) groups excluding carboxylic acids is 1. The molecule has 1 fully saturated rings. The van der Waals surface area contributed by atoms with E-state index in [0.29, 0.717) is 17.8 Å². The number of nitrogens with zero attached hydrogens (tertiary/aromatic N) is 2. The number of likely N-dealkylation sites (tertiary alicyclic amines) is 1. The van der Waals surface area contributed by atoms with Crippen molar-refractivity contribution >= 4 is 11.6 Å². The summed E-state index contributed by atoms with van der Waals surface area (Å²) in [6.07, 6.45) is 1.99. The van der Waals surface area contributed by atoms with Crippen LogP contribution in [0.5, 0.6) is 11.5 Å². The third-order valence-electron chi connectivity index (χ3n) is 4.80. The Morgan fingerprint density at radius 1 is 1.22 bits per heavy atom. The lowest BCUT2D eigenvalue weighted by atomic mass is 10.0. The maximum absolute atomic E-state index is 12.5. The van der Waals surface area contributed by atoms with Crippen LogP contribution in [0.1, 0.15) is 30.0 Å². The molecule has 27 heavy (non-hydrogen) atoms. The molecule has 6 nitrogen and oxygen atoms in total. The molecule has 0 saturated carbocycles. The molecule has 1 N–H and O–H groups in total. The first-order valence-electron chi connectivity index (χ1n) is 8.90. The van der Waals surface area contributed by atoms with Gasteiger partial charge in [0.25, 0.3) is 0 Å². The van der Waals surface area contributed by atoms with Crippen LogP contribution >= 0.6 is 0 Å². The minimum Gasteiger partial charge on any atom is -0.497 e. The number of methoxy groups -OCH3 is 2. The summed E-state index contributed by atoms with van der Waals surface area (Å²) < 4.78 is 10.9. The summed E-state index contributed by atoms with van der Waals surface area (Å²) in [6.45, 7) is 1.15. The van der Waals surface area contributed by atoms with Crippen molar-refractivity contribution in [1.82, 2.24) is 4.90 Å². The highest BCUT2D eigenvalue weighted by atomic mass is 16.5. The topological polar surface area (TPSA) is 74.6 Å². The van der Waals surface area contributed by atoms with Gasteiger partial charge >= 0.3 is 0 Å². The number of amides is 1. The summed E-state index contributed by atoms with van der Waals surface area (Å²) in [5.74, 6) is 1.51. The maximum Gasteiger partial charge on any atom is 0.238 e. The second kappa shape index (κ2) is 8.56. The number of benzene rings is 2. The van der Waals surface area contributed by atoms with Crippen molar-refractivity contribution in [3.8, 4) is 17.6 Å². The van der Waals surface area contributed by atoms with Gasteiger partial charge in [-0.2, -0.15) is 5.26 Å². The SMILES string of the molecule is COc1ccc(OC)c([C@@H]2CCCN2CC(=O)Nc2ccc(C#N)cc2)c1. The van der Waals surface area contributed by atoms with E-state index < -0.39 is 0 Å². The van der Waals surface area contributed by atoms with Crippen LogP contribution in [0.2, 0.25) is 0 Å². The molecular weight excluding hydrogens is 342 g/mol. The number of ether oxygens (including phenoxy) is 2. The summed E-state index contributed by atoms with van der Waals surface area (Å²) in [5, 5.41) is 11.8. The molecule has 0 bridgehead atoms. The molecule has 6 heteroatoms. The Labute approximate surface area is 159 Å². The van der Waals surface area contributed by atoms with Gasteiger partial charge in [0.15, 0.2) is 0 Å². The highest BCUT2D eigenvalue weighted by Gasteiger charge is 2.30. The molecule has 1 aliphatic heterocycles. The van der Waals surface area contributed by atoms with Crippen LogP contribution in [-0.2, 0) is 4.79 Å². The molecule has 2 aromatic carbocycles. The summed E-state index contributed by atoms with van der Waals surface area (Å²) in [5.41, 5.74) is 2.30. The van der Waals surface area contributed by atoms with Crippen molar-refractivity contribution in [2.45, 2.75) is 18.9 Å². The third-order valence-corrected chi connectivity index (χ3v) is 4.80. The van der Waals surface area contributed by atoms with Crippen molar-refractivity contribution in [1.29, 1.82) is 5.26 Å². The molecule has 140 valence electrons. The number of hydrogen-bond acceptors (Lipinski definition) is 5. The Balaban J connectivity index is 1.71. The van der Waals surface area contributed by atoms with Crippen molar-refractivity contribution in [3.05, 3.63) is 53.6 Å². The van der Waals surface area contributed by atoms with Gasteiger partial charge in [0.05, 0.1) is 32.4 Å². The fourth-order valence-corrected chi connectivity index (χ4v) is 3.48. The Morgan fingerprint density at radius 3 is 2.67 bits per heavy atom. The van der Waals surface area contributed by atoms with Gasteiger partial charge in [-0.25, -0.2) is 0 Å². The van der Waals surface area contributed by atoms with E-state index in [-0.39, 0.29) is 11.9 Å². The summed E-state index contributed by atoms with van der Waals surface area (Å²) in [4.78, 5) is 14.7. The van der Waals surface area contributed by atoms with E-state index in [1.807, 2.05) is 18.2 Å². The molecule has 0 radical (unpaired) electrons. The Bertz CT molecular complexity index is 843. The molecule has 1 amide bonds. The number of anilines is 1. The predicted octanol–water partition coefficient (Wildman–Crippen LogP) is 3.35. The van der Waals surface area contributed by atoms with E-state index in [1.54, 1.807) is 38.5 Å². The Hall–Kier alpha value is -3.04. The molecule has 1 aliphatic rings. The zero-order chi connectivity index (χ0) is 19.2. The zero-order valence-electron chi connectivity index (χ0n) is 15.6. The smallest absolute Gasteiger partial charge is 0.238 e. The number of nitrogens with one attached hydrogen (secondary N) is 1. The minimum absolute atomic E-state index is 0.0755. The van der Waals surface area contributed by atoms with Crippen molar-refractivity contribution < 1.29 is 14.3 Å². The second-order valence-corrected chi connectivity index (χ2v) is 6.47. The minimum atomic E-state index is -0.0755. The predicted molar refractivity (Wildman–Crippen MR) is 103 cm³/mol. The van der Waals surface area contributed by atoms with Crippen LogP contribution in [0.3, 0.4) is 0 Å². The average Bonchev–Trinajstić information content (AvgIpc) is 3.15. The molecular formula is C21H23N3O3. The van der Waals surface area contributed by atoms with Crippen molar-refractivity contribution in [3.63, 3.8) is 0 Å². The van der Waals surface area contributed by atoms with E-state index >= 15 is 0 Å². The quantitative estimate of drug-likeness (QED) is 0.850. The maximum atomic E-state index is 12.5. The van der Waals surface area contributed by atoms with Gasteiger partial charge in [-0.1, -0.05) is 0 Å². The van der Waals surface area contributed by atoms with Gasteiger partial charge in [-0.15, -0.1) is 0 Å². The molecule has 3 rings (SSSR count). The molecule has 1 heterocycles. The highest BCUT2D eigenvalue weighted by Crippen LogP contribution is 2.38. The average molecular weight is 365 g/mol. The van der Waals surface area contributed by atoms with Crippen LogP contribution in [0, 0.1) is 11.3 Å². The van der Waals surface area contributed by atoms with Crippen molar-refractivity contribution in [2.75, 3.05) is 32.6 Å². The van der Waals surface area contributed by atoms with Crippen molar-refractivity contribution in [2.24, 2.45) is 0 Å².